The lowest BCUT2D eigenvalue weighted by atomic mass is 10.2. The van der Waals surface area contributed by atoms with E-state index >= 15 is 0 Å². The summed E-state index contributed by atoms with van der Waals surface area (Å²) in [5.74, 6) is 1.72. The number of benzene rings is 1. The maximum Gasteiger partial charge on any atom is 0.323 e. The first-order valence-electron chi connectivity index (χ1n) is 8.56. The highest BCUT2D eigenvalue weighted by molar-refractivity contribution is 5.76. The van der Waals surface area contributed by atoms with Crippen molar-refractivity contribution in [2.45, 2.75) is 50.8 Å². The SMILES string of the molecule is O=C(OCc1ccccc1)[C@@H]1CCCN1Cc1nc(C2CC2)no1. The summed E-state index contributed by atoms with van der Waals surface area (Å²) in [4.78, 5) is 18.9. The summed E-state index contributed by atoms with van der Waals surface area (Å²) < 4.78 is 10.8. The van der Waals surface area contributed by atoms with Gasteiger partial charge in [0.15, 0.2) is 5.82 Å². The summed E-state index contributed by atoms with van der Waals surface area (Å²) in [6.07, 6.45) is 4.10. The highest BCUT2D eigenvalue weighted by Crippen LogP contribution is 2.38. The van der Waals surface area contributed by atoms with Crippen LogP contribution in [0, 0.1) is 0 Å². The number of hydrogen-bond donors (Lipinski definition) is 0. The van der Waals surface area contributed by atoms with Gasteiger partial charge in [-0.15, -0.1) is 0 Å². The molecular weight excluding hydrogens is 306 g/mol. The molecule has 1 saturated heterocycles. The molecular formula is C18H21N3O3. The summed E-state index contributed by atoms with van der Waals surface area (Å²) in [6, 6.07) is 9.53. The van der Waals surface area contributed by atoms with E-state index in [9.17, 15) is 4.79 Å². The van der Waals surface area contributed by atoms with Crippen molar-refractivity contribution in [3.63, 3.8) is 0 Å². The van der Waals surface area contributed by atoms with E-state index in [1.165, 1.54) is 0 Å². The fraction of sp³-hybridized carbons (Fsp3) is 0.500. The number of nitrogens with zero attached hydrogens (tertiary/aromatic N) is 3. The first-order valence-corrected chi connectivity index (χ1v) is 8.56. The average molecular weight is 327 g/mol. The van der Waals surface area contributed by atoms with E-state index in [0.717, 1.165) is 43.6 Å². The predicted molar refractivity (Wildman–Crippen MR) is 85.9 cm³/mol. The first-order chi connectivity index (χ1) is 11.8. The molecule has 1 aromatic carbocycles. The molecule has 0 unspecified atom stereocenters. The van der Waals surface area contributed by atoms with Gasteiger partial charge in [0.2, 0.25) is 5.89 Å². The summed E-state index contributed by atoms with van der Waals surface area (Å²) in [7, 11) is 0. The molecule has 2 aromatic rings. The maximum atomic E-state index is 12.4. The van der Waals surface area contributed by atoms with Gasteiger partial charge in [0.05, 0.1) is 6.54 Å². The fourth-order valence-electron chi connectivity index (χ4n) is 3.12. The Balaban J connectivity index is 1.34. The van der Waals surface area contributed by atoms with Crippen LogP contribution >= 0.6 is 0 Å². The van der Waals surface area contributed by atoms with Gasteiger partial charge in [-0.25, -0.2) is 0 Å². The van der Waals surface area contributed by atoms with Crippen LogP contribution in [0.4, 0.5) is 0 Å². The van der Waals surface area contributed by atoms with E-state index in [1.54, 1.807) is 0 Å². The molecule has 2 heterocycles. The Morgan fingerprint density at radius 2 is 2.08 bits per heavy atom. The summed E-state index contributed by atoms with van der Waals surface area (Å²) in [5.41, 5.74) is 1.00. The molecule has 0 spiro atoms. The summed E-state index contributed by atoms with van der Waals surface area (Å²) in [6.45, 7) is 1.69. The van der Waals surface area contributed by atoms with E-state index in [1.807, 2.05) is 30.3 Å². The van der Waals surface area contributed by atoms with Gasteiger partial charge < -0.3 is 9.26 Å². The lowest BCUT2D eigenvalue weighted by Crippen LogP contribution is -2.36. The van der Waals surface area contributed by atoms with E-state index in [4.69, 9.17) is 9.26 Å². The molecule has 0 bridgehead atoms. The zero-order chi connectivity index (χ0) is 16.4. The lowest BCUT2D eigenvalue weighted by molar-refractivity contribution is -0.150. The van der Waals surface area contributed by atoms with Crippen molar-refractivity contribution in [3.8, 4) is 0 Å². The Morgan fingerprint density at radius 1 is 1.25 bits per heavy atom. The number of ether oxygens (including phenoxy) is 1. The van der Waals surface area contributed by atoms with Gasteiger partial charge in [-0.05, 0) is 37.8 Å². The van der Waals surface area contributed by atoms with Crippen molar-refractivity contribution in [1.82, 2.24) is 15.0 Å². The van der Waals surface area contributed by atoms with Crippen molar-refractivity contribution in [1.29, 1.82) is 0 Å². The van der Waals surface area contributed by atoms with E-state index < -0.39 is 0 Å². The first kappa shape index (κ1) is 15.3. The minimum atomic E-state index is -0.218. The number of hydrogen-bond acceptors (Lipinski definition) is 6. The largest absolute Gasteiger partial charge is 0.460 e. The normalized spacial score (nSPS) is 21.1. The minimum Gasteiger partial charge on any atom is -0.460 e. The summed E-state index contributed by atoms with van der Waals surface area (Å²) in [5, 5.41) is 4.04. The van der Waals surface area contributed by atoms with Crippen LogP contribution in [0.5, 0.6) is 0 Å². The zero-order valence-corrected chi connectivity index (χ0v) is 13.6. The monoisotopic (exact) mass is 327 g/mol. The quantitative estimate of drug-likeness (QED) is 0.760. The number of rotatable bonds is 6. The standard InChI is InChI=1S/C18H21N3O3/c22-18(23-12-13-5-2-1-3-6-13)15-7-4-10-21(15)11-16-19-17(20-24-16)14-8-9-14/h1-3,5-6,14-15H,4,7-12H2/t15-/m0/s1. The van der Waals surface area contributed by atoms with Crippen molar-refractivity contribution < 1.29 is 14.1 Å². The molecule has 2 aliphatic rings. The molecule has 126 valence electrons. The zero-order valence-electron chi connectivity index (χ0n) is 13.6. The third kappa shape index (κ3) is 3.48. The minimum absolute atomic E-state index is 0.168. The molecule has 2 fully saturated rings. The van der Waals surface area contributed by atoms with Crippen LogP contribution in [0.25, 0.3) is 0 Å². The molecule has 0 radical (unpaired) electrons. The molecule has 6 heteroatoms. The van der Waals surface area contributed by atoms with Crippen molar-refractivity contribution in [3.05, 3.63) is 47.6 Å². The fourth-order valence-corrected chi connectivity index (χ4v) is 3.12. The van der Waals surface area contributed by atoms with Gasteiger partial charge in [-0.2, -0.15) is 4.98 Å². The predicted octanol–water partition coefficient (Wildman–Crippen LogP) is 2.65. The van der Waals surface area contributed by atoms with E-state index in [0.29, 0.717) is 25.0 Å². The smallest absolute Gasteiger partial charge is 0.323 e. The van der Waals surface area contributed by atoms with Crippen LogP contribution < -0.4 is 0 Å². The van der Waals surface area contributed by atoms with Gasteiger partial charge in [0, 0.05) is 5.92 Å². The van der Waals surface area contributed by atoms with E-state index in [2.05, 4.69) is 15.0 Å². The Bertz CT molecular complexity index is 697. The number of esters is 1. The topological polar surface area (TPSA) is 68.5 Å². The van der Waals surface area contributed by atoms with Gasteiger partial charge in [-0.3, -0.25) is 9.69 Å². The Labute approximate surface area is 140 Å². The Hall–Kier alpha value is -2.21. The average Bonchev–Trinajstić information content (AvgIpc) is 3.18. The molecule has 0 amide bonds. The number of likely N-dealkylation sites (tertiary alicyclic amines) is 1. The second-order valence-electron chi connectivity index (χ2n) is 6.54. The molecule has 4 rings (SSSR count). The molecule has 1 aliphatic heterocycles. The Kier molecular flexibility index (Phi) is 4.30. The highest BCUT2D eigenvalue weighted by Gasteiger charge is 2.34. The van der Waals surface area contributed by atoms with Crippen molar-refractivity contribution >= 4 is 5.97 Å². The number of carbonyl (C=O) groups is 1. The number of carbonyl (C=O) groups excluding carboxylic acids is 1. The van der Waals surface area contributed by atoms with Gasteiger partial charge in [-0.1, -0.05) is 35.5 Å². The third-order valence-electron chi connectivity index (χ3n) is 4.62. The van der Waals surface area contributed by atoms with Crippen LogP contribution in [0.15, 0.2) is 34.9 Å². The van der Waals surface area contributed by atoms with Crippen LogP contribution in [-0.2, 0) is 22.7 Å². The second kappa shape index (κ2) is 6.73. The molecule has 6 nitrogen and oxygen atoms in total. The lowest BCUT2D eigenvalue weighted by Gasteiger charge is -2.21. The van der Waals surface area contributed by atoms with Gasteiger partial charge in [0.1, 0.15) is 12.6 Å². The molecule has 0 N–H and O–H groups in total. The van der Waals surface area contributed by atoms with Crippen LogP contribution in [0.3, 0.4) is 0 Å². The van der Waals surface area contributed by atoms with E-state index in [-0.39, 0.29) is 12.0 Å². The molecule has 24 heavy (non-hydrogen) atoms. The highest BCUT2D eigenvalue weighted by atomic mass is 16.5. The molecule has 1 aromatic heterocycles. The van der Waals surface area contributed by atoms with Crippen molar-refractivity contribution in [2.75, 3.05) is 6.54 Å². The maximum absolute atomic E-state index is 12.4. The van der Waals surface area contributed by atoms with Crippen LogP contribution in [-0.4, -0.2) is 33.6 Å². The second-order valence-corrected chi connectivity index (χ2v) is 6.54. The Morgan fingerprint density at radius 3 is 2.88 bits per heavy atom. The molecule has 1 saturated carbocycles. The van der Waals surface area contributed by atoms with Crippen LogP contribution in [0.2, 0.25) is 0 Å². The van der Waals surface area contributed by atoms with Crippen LogP contribution in [0.1, 0.15) is 48.9 Å². The summed E-state index contributed by atoms with van der Waals surface area (Å²) >= 11 is 0. The van der Waals surface area contributed by atoms with Gasteiger partial charge in [0.25, 0.3) is 0 Å². The third-order valence-corrected chi connectivity index (χ3v) is 4.62. The molecule has 1 atom stereocenters. The number of aromatic nitrogens is 2. The molecule has 1 aliphatic carbocycles. The van der Waals surface area contributed by atoms with Crippen molar-refractivity contribution in [2.24, 2.45) is 0 Å². The van der Waals surface area contributed by atoms with Gasteiger partial charge >= 0.3 is 5.97 Å².